The number of fused-ring (bicyclic) bond motifs is 1. The quantitative estimate of drug-likeness (QED) is 0.938. The molecule has 2 heterocycles. The van der Waals surface area contributed by atoms with Crippen LogP contribution in [0.1, 0.15) is 23.2 Å². The van der Waals surface area contributed by atoms with Crippen molar-refractivity contribution in [3.05, 3.63) is 47.2 Å². The summed E-state index contributed by atoms with van der Waals surface area (Å²) in [6.07, 6.45) is 3.23. The summed E-state index contributed by atoms with van der Waals surface area (Å²) in [5, 5.41) is 0. The molecule has 1 aliphatic carbocycles. The van der Waals surface area contributed by atoms with Gasteiger partial charge in [-0.05, 0) is 24.8 Å². The predicted molar refractivity (Wildman–Crippen MR) is 92.4 cm³/mol. The van der Waals surface area contributed by atoms with Gasteiger partial charge in [0.05, 0.1) is 5.69 Å². The van der Waals surface area contributed by atoms with Gasteiger partial charge in [-0.15, -0.1) is 0 Å². The SMILES string of the molecule is Nc1nc(N2CCN(Cc3ccccc3)CC2)nc2c1CCC2. The van der Waals surface area contributed by atoms with E-state index in [1.165, 1.54) is 16.8 Å². The largest absolute Gasteiger partial charge is 0.383 e. The summed E-state index contributed by atoms with van der Waals surface area (Å²) >= 11 is 0. The summed E-state index contributed by atoms with van der Waals surface area (Å²) in [6, 6.07) is 10.7. The van der Waals surface area contributed by atoms with Crippen LogP contribution in [0.3, 0.4) is 0 Å². The summed E-state index contributed by atoms with van der Waals surface area (Å²) in [6.45, 7) is 5.02. The topological polar surface area (TPSA) is 58.3 Å². The van der Waals surface area contributed by atoms with E-state index in [0.29, 0.717) is 5.82 Å². The molecule has 1 aliphatic heterocycles. The van der Waals surface area contributed by atoms with Crippen molar-refractivity contribution >= 4 is 11.8 Å². The van der Waals surface area contributed by atoms with Crippen LogP contribution in [0.4, 0.5) is 11.8 Å². The Morgan fingerprint density at radius 3 is 2.52 bits per heavy atom. The summed E-state index contributed by atoms with van der Waals surface area (Å²) in [5.74, 6) is 1.51. The summed E-state index contributed by atoms with van der Waals surface area (Å²) in [5.41, 5.74) is 9.84. The van der Waals surface area contributed by atoms with Crippen molar-refractivity contribution < 1.29 is 0 Å². The van der Waals surface area contributed by atoms with Gasteiger partial charge in [-0.1, -0.05) is 30.3 Å². The van der Waals surface area contributed by atoms with Crippen LogP contribution in [0.5, 0.6) is 0 Å². The lowest BCUT2D eigenvalue weighted by Crippen LogP contribution is -2.46. The van der Waals surface area contributed by atoms with Crippen LogP contribution in [0, 0.1) is 0 Å². The molecule has 5 heteroatoms. The first-order valence-electron chi connectivity index (χ1n) is 8.46. The second-order valence-corrected chi connectivity index (χ2v) is 6.44. The Labute approximate surface area is 137 Å². The second-order valence-electron chi connectivity index (χ2n) is 6.44. The Morgan fingerprint density at radius 1 is 0.957 bits per heavy atom. The maximum absolute atomic E-state index is 6.12. The number of hydrogen-bond donors (Lipinski definition) is 1. The highest BCUT2D eigenvalue weighted by Gasteiger charge is 2.23. The van der Waals surface area contributed by atoms with Crippen molar-refractivity contribution in [2.45, 2.75) is 25.8 Å². The molecule has 2 aliphatic rings. The van der Waals surface area contributed by atoms with E-state index < -0.39 is 0 Å². The van der Waals surface area contributed by atoms with Gasteiger partial charge in [-0.3, -0.25) is 4.90 Å². The lowest BCUT2D eigenvalue weighted by molar-refractivity contribution is 0.248. The zero-order chi connectivity index (χ0) is 15.6. The van der Waals surface area contributed by atoms with Gasteiger partial charge in [0.25, 0.3) is 0 Å². The average molecular weight is 309 g/mol. The molecule has 0 radical (unpaired) electrons. The lowest BCUT2D eigenvalue weighted by Gasteiger charge is -2.35. The molecule has 0 spiro atoms. The third kappa shape index (κ3) is 3.01. The number of aromatic nitrogens is 2. The number of hydrogen-bond acceptors (Lipinski definition) is 5. The van der Waals surface area contributed by atoms with Crippen molar-refractivity contribution in [3.8, 4) is 0 Å². The fourth-order valence-corrected chi connectivity index (χ4v) is 3.54. The molecular formula is C18H23N5. The standard InChI is InChI=1S/C18H23N5/c19-17-15-7-4-8-16(15)20-18(21-17)23-11-9-22(10-12-23)13-14-5-2-1-3-6-14/h1-3,5-6H,4,7-13H2,(H2,19,20,21). The van der Waals surface area contributed by atoms with Crippen LogP contribution in [0.2, 0.25) is 0 Å². The van der Waals surface area contributed by atoms with Gasteiger partial charge in [0.1, 0.15) is 5.82 Å². The minimum absolute atomic E-state index is 0.689. The number of anilines is 2. The third-order valence-corrected chi connectivity index (χ3v) is 4.86. The van der Waals surface area contributed by atoms with Crippen LogP contribution in [-0.4, -0.2) is 41.0 Å². The highest BCUT2D eigenvalue weighted by Crippen LogP contribution is 2.27. The van der Waals surface area contributed by atoms with Crippen molar-refractivity contribution in [2.75, 3.05) is 36.8 Å². The average Bonchev–Trinajstić information content (AvgIpc) is 3.06. The number of nitrogen functional groups attached to an aromatic ring is 1. The van der Waals surface area contributed by atoms with E-state index >= 15 is 0 Å². The van der Waals surface area contributed by atoms with E-state index in [0.717, 1.165) is 57.9 Å². The van der Waals surface area contributed by atoms with Gasteiger partial charge >= 0.3 is 0 Å². The predicted octanol–water partition coefficient (Wildman–Crippen LogP) is 1.87. The molecule has 2 aromatic rings. The molecule has 0 bridgehead atoms. The Hall–Kier alpha value is -2.14. The van der Waals surface area contributed by atoms with E-state index in [1.807, 2.05) is 0 Å². The molecule has 0 atom stereocenters. The van der Waals surface area contributed by atoms with Crippen molar-refractivity contribution in [1.82, 2.24) is 14.9 Å². The van der Waals surface area contributed by atoms with Crippen molar-refractivity contribution in [2.24, 2.45) is 0 Å². The highest BCUT2D eigenvalue weighted by atomic mass is 15.3. The van der Waals surface area contributed by atoms with Crippen LogP contribution in [0.25, 0.3) is 0 Å². The fourth-order valence-electron chi connectivity index (χ4n) is 3.54. The molecule has 5 nitrogen and oxygen atoms in total. The maximum atomic E-state index is 6.12. The van der Waals surface area contributed by atoms with E-state index in [2.05, 4.69) is 45.1 Å². The molecule has 1 fully saturated rings. The summed E-state index contributed by atoms with van der Waals surface area (Å²) in [7, 11) is 0. The molecule has 2 N–H and O–H groups in total. The smallest absolute Gasteiger partial charge is 0.227 e. The molecule has 0 unspecified atom stereocenters. The third-order valence-electron chi connectivity index (χ3n) is 4.86. The van der Waals surface area contributed by atoms with Crippen LogP contribution in [-0.2, 0) is 19.4 Å². The minimum Gasteiger partial charge on any atom is -0.383 e. The van der Waals surface area contributed by atoms with E-state index in [9.17, 15) is 0 Å². The zero-order valence-electron chi connectivity index (χ0n) is 13.4. The van der Waals surface area contributed by atoms with Gasteiger partial charge in [0, 0.05) is 38.3 Å². The molecule has 1 aromatic heterocycles. The van der Waals surface area contributed by atoms with Crippen LogP contribution in [0.15, 0.2) is 30.3 Å². The second kappa shape index (κ2) is 6.16. The number of benzene rings is 1. The molecule has 1 saturated heterocycles. The van der Waals surface area contributed by atoms with Gasteiger partial charge in [0.2, 0.25) is 5.95 Å². The Morgan fingerprint density at radius 2 is 1.74 bits per heavy atom. The number of nitrogens with zero attached hydrogens (tertiary/aromatic N) is 4. The normalized spacial score (nSPS) is 18.2. The van der Waals surface area contributed by atoms with Crippen LogP contribution >= 0.6 is 0 Å². The fraction of sp³-hybridized carbons (Fsp3) is 0.444. The molecule has 0 amide bonds. The monoisotopic (exact) mass is 309 g/mol. The lowest BCUT2D eigenvalue weighted by atomic mass is 10.2. The first-order chi connectivity index (χ1) is 11.3. The van der Waals surface area contributed by atoms with Gasteiger partial charge in [0.15, 0.2) is 0 Å². The van der Waals surface area contributed by atoms with Crippen LogP contribution < -0.4 is 10.6 Å². The highest BCUT2D eigenvalue weighted by molar-refractivity contribution is 5.50. The maximum Gasteiger partial charge on any atom is 0.227 e. The Balaban J connectivity index is 1.41. The van der Waals surface area contributed by atoms with Gasteiger partial charge in [-0.25, -0.2) is 4.98 Å². The number of rotatable bonds is 3. The zero-order valence-corrected chi connectivity index (χ0v) is 13.4. The molecular weight excluding hydrogens is 286 g/mol. The molecule has 120 valence electrons. The first-order valence-corrected chi connectivity index (χ1v) is 8.46. The molecule has 4 rings (SSSR count). The first kappa shape index (κ1) is 14.5. The number of nitrogens with two attached hydrogens (primary N) is 1. The Bertz CT molecular complexity index is 677. The summed E-state index contributed by atoms with van der Waals surface area (Å²) in [4.78, 5) is 14.1. The van der Waals surface area contributed by atoms with E-state index in [1.54, 1.807) is 0 Å². The van der Waals surface area contributed by atoms with E-state index in [-0.39, 0.29) is 0 Å². The van der Waals surface area contributed by atoms with E-state index in [4.69, 9.17) is 10.7 Å². The molecule has 0 saturated carbocycles. The van der Waals surface area contributed by atoms with Crippen molar-refractivity contribution in [3.63, 3.8) is 0 Å². The minimum atomic E-state index is 0.689. The number of aryl methyl sites for hydroxylation is 1. The molecule has 1 aromatic carbocycles. The van der Waals surface area contributed by atoms with Gasteiger partial charge < -0.3 is 10.6 Å². The Kier molecular flexibility index (Phi) is 3.87. The van der Waals surface area contributed by atoms with Gasteiger partial charge in [-0.2, -0.15) is 4.98 Å². The van der Waals surface area contributed by atoms with Crippen molar-refractivity contribution in [1.29, 1.82) is 0 Å². The molecule has 23 heavy (non-hydrogen) atoms. The number of piperazine rings is 1. The summed E-state index contributed by atoms with van der Waals surface area (Å²) < 4.78 is 0.